The minimum Gasteiger partial charge on any atom is -0.392 e. The first kappa shape index (κ1) is 21.7. The van der Waals surface area contributed by atoms with Gasteiger partial charge in [0, 0.05) is 31.3 Å². The third kappa shape index (κ3) is 3.84. The van der Waals surface area contributed by atoms with Crippen molar-refractivity contribution < 1.29 is 9.90 Å². The third-order valence-corrected chi connectivity index (χ3v) is 8.45. The maximum Gasteiger partial charge on any atom is 0.160 e. The normalized spacial score (nSPS) is 11.2. The molecule has 5 heteroatoms. The Morgan fingerprint density at radius 3 is 2.14 bits per heavy atom. The predicted octanol–water partition coefficient (Wildman–Crippen LogP) is 8.06. The third-order valence-electron chi connectivity index (χ3n) is 6.14. The minimum absolute atomic E-state index is 0.0238. The largest absolute Gasteiger partial charge is 0.392 e. The monoisotopic (exact) mass is 491 g/mol. The van der Waals surface area contributed by atoms with E-state index in [1.165, 1.54) is 27.2 Å². The van der Waals surface area contributed by atoms with E-state index in [0.717, 1.165) is 48.9 Å². The smallest absolute Gasteiger partial charge is 0.160 e. The molecular formula is C30H21NO2S2. The molecular weight excluding hydrogens is 470 g/mol. The topological polar surface area (TPSA) is 42.2 Å². The van der Waals surface area contributed by atoms with Gasteiger partial charge in [-0.3, -0.25) is 4.79 Å². The van der Waals surface area contributed by atoms with E-state index in [4.69, 9.17) is 0 Å². The van der Waals surface area contributed by atoms with Crippen LogP contribution in [0.2, 0.25) is 0 Å². The lowest BCUT2D eigenvalue weighted by atomic mass is 10.0. The molecule has 0 radical (unpaired) electrons. The van der Waals surface area contributed by atoms with E-state index >= 15 is 0 Å². The summed E-state index contributed by atoms with van der Waals surface area (Å²) in [4.78, 5) is 15.4. The quantitative estimate of drug-likeness (QED) is 0.239. The van der Waals surface area contributed by atoms with Gasteiger partial charge in [-0.15, -0.1) is 22.7 Å². The molecule has 3 heterocycles. The number of aldehydes is 1. The molecule has 0 aliphatic rings. The molecule has 170 valence electrons. The molecule has 0 saturated heterocycles. The fourth-order valence-corrected chi connectivity index (χ4v) is 6.51. The van der Waals surface area contributed by atoms with Crippen LogP contribution in [-0.4, -0.2) is 16.0 Å². The van der Waals surface area contributed by atoms with Gasteiger partial charge in [0.2, 0.25) is 0 Å². The van der Waals surface area contributed by atoms with Crippen LogP contribution in [0.1, 0.15) is 15.2 Å². The number of carbonyl (C=O) groups is 1. The summed E-state index contributed by atoms with van der Waals surface area (Å²) in [6.45, 7) is 0.0238. The Morgan fingerprint density at radius 1 is 0.714 bits per heavy atom. The number of hydrogen-bond donors (Lipinski definition) is 1. The SMILES string of the molecule is O=Cc1ccc(-c2ccc(-c3c(-c4ccccc4)n(-c4ccc(CO)cc4)c4ccccc34)s2)s1. The van der Waals surface area contributed by atoms with Gasteiger partial charge in [0.1, 0.15) is 0 Å². The van der Waals surface area contributed by atoms with Crippen LogP contribution in [0, 0.1) is 0 Å². The highest BCUT2D eigenvalue weighted by molar-refractivity contribution is 7.24. The van der Waals surface area contributed by atoms with E-state index in [0.29, 0.717) is 0 Å². The van der Waals surface area contributed by atoms with Gasteiger partial charge in [-0.05, 0) is 53.6 Å². The number of carbonyl (C=O) groups excluding carboxylic acids is 1. The van der Waals surface area contributed by atoms with E-state index in [1.807, 2.05) is 30.3 Å². The van der Waals surface area contributed by atoms with Crippen molar-refractivity contribution in [2.24, 2.45) is 0 Å². The van der Waals surface area contributed by atoms with Crippen molar-refractivity contribution in [3.05, 3.63) is 114 Å². The molecule has 0 unspecified atom stereocenters. The van der Waals surface area contributed by atoms with Crippen molar-refractivity contribution >= 4 is 39.9 Å². The van der Waals surface area contributed by atoms with Crippen LogP contribution in [0.25, 0.3) is 48.0 Å². The summed E-state index contributed by atoms with van der Waals surface area (Å²) in [5.74, 6) is 0. The average Bonchev–Trinajstić information content (AvgIpc) is 3.66. The lowest BCUT2D eigenvalue weighted by Gasteiger charge is -2.13. The summed E-state index contributed by atoms with van der Waals surface area (Å²) in [6, 6.07) is 35.3. The molecule has 0 fully saturated rings. The van der Waals surface area contributed by atoms with Gasteiger partial charge in [0.05, 0.1) is 22.7 Å². The van der Waals surface area contributed by atoms with Crippen LogP contribution < -0.4 is 0 Å². The molecule has 0 bridgehead atoms. The molecule has 0 atom stereocenters. The van der Waals surface area contributed by atoms with Crippen molar-refractivity contribution in [2.45, 2.75) is 6.61 Å². The Bertz CT molecular complexity index is 1640. The van der Waals surface area contributed by atoms with Crippen LogP contribution >= 0.6 is 22.7 Å². The molecule has 3 nitrogen and oxygen atoms in total. The van der Waals surface area contributed by atoms with Gasteiger partial charge in [0.15, 0.2) is 6.29 Å². The molecule has 35 heavy (non-hydrogen) atoms. The number of nitrogens with zero attached hydrogens (tertiary/aromatic N) is 1. The Balaban J connectivity index is 1.63. The summed E-state index contributed by atoms with van der Waals surface area (Å²) < 4.78 is 2.32. The summed E-state index contributed by atoms with van der Waals surface area (Å²) in [5.41, 5.74) is 6.54. The van der Waals surface area contributed by atoms with Crippen LogP contribution in [0.4, 0.5) is 0 Å². The van der Waals surface area contributed by atoms with E-state index in [2.05, 4.69) is 77.4 Å². The molecule has 3 aromatic heterocycles. The van der Waals surface area contributed by atoms with E-state index in [9.17, 15) is 9.90 Å². The van der Waals surface area contributed by atoms with E-state index < -0.39 is 0 Å². The highest BCUT2D eigenvalue weighted by atomic mass is 32.1. The second-order valence-electron chi connectivity index (χ2n) is 8.25. The van der Waals surface area contributed by atoms with Gasteiger partial charge in [0.25, 0.3) is 0 Å². The molecule has 3 aromatic carbocycles. The summed E-state index contributed by atoms with van der Waals surface area (Å²) in [6.07, 6.45) is 0.909. The molecule has 0 saturated carbocycles. The minimum atomic E-state index is 0.0238. The van der Waals surface area contributed by atoms with Gasteiger partial charge in [-0.1, -0.05) is 60.7 Å². The van der Waals surface area contributed by atoms with Crippen molar-refractivity contribution in [2.75, 3.05) is 0 Å². The number of benzene rings is 3. The standard InChI is InChI=1S/C30H21NO2S2/c32-18-20-10-12-22(13-11-20)31-25-9-5-4-8-24(25)29(30(31)21-6-2-1-3-7-21)28-17-16-27(35-28)26-15-14-23(19-33)34-26/h1-17,19,32H,18H2. The Hall–Kier alpha value is -3.77. The van der Waals surface area contributed by atoms with E-state index in [-0.39, 0.29) is 6.61 Å². The molecule has 0 amide bonds. The Kier molecular flexibility index (Phi) is 5.66. The first-order valence-corrected chi connectivity index (χ1v) is 12.9. The first-order chi connectivity index (χ1) is 17.3. The van der Waals surface area contributed by atoms with Crippen molar-refractivity contribution in [3.8, 4) is 37.1 Å². The molecule has 6 aromatic rings. The van der Waals surface area contributed by atoms with Gasteiger partial charge in [-0.2, -0.15) is 0 Å². The summed E-state index contributed by atoms with van der Waals surface area (Å²) in [7, 11) is 0. The molecule has 1 N–H and O–H groups in total. The number of aliphatic hydroxyl groups is 1. The number of fused-ring (bicyclic) bond motifs is 1. The lowest BCUT2D eigenvalue weighted by Crippen LogP contribution is -1.98. The fraction of sp³-hybridized carbons (Fsp3) is 0.0333. The summed E-state index contributed by atoms with van der Waals surface area (Å²) >= 11 is 3.27. The number of para-hydroxylation sites is 1. The summed E-state index contributed by atoms with van der Waals surface area (Å²) in [5, 5.41) is 10.7. The Labute approximate surface area is 211 Å². The fourth-order valence-electron chi connectivity index (χ4n) is 4.53. The van der Waals surface area contributed by atoms with Crippen molar-refractivity contribution in [1.29, 1.82) is 0 Å². The highest BCUT2D eigenvalue weighted by Crippen LogP contribution is 2.46. The van der Waals surface area contributed by atoms with Crippen LogP contribution in [-0.2, 0) is 6.61 Å². The van der Waals surface area contributed by atoms with Crippen LogP contribution in [0.5, 0.6) is 0 Å². The molecule has 0 spiro atoms. The van der Waals surface area contributed by atoms with Gasteiger partial charge < -0.3 is 9.67 Å². The van der Waals surface area contributed by atoms with Gasteiger partial charge in [-0.25, -0.2) is 0 Å². The molecule has 6 rings (SSSR count). The maximum atomic E-state index is 11.2. The predicted molar refractivity (Wildman–Crippen MR) is 147 cm³/mol. The maximum absolute atomic E-state index is 11.2. The average molecular weight is 492 g/mol. The molecule has 0 aliphatic carbocycles. The van der Waals surface area contributed by atoms with Crippen LogP contribution in [0.3, 0.4) is 0 Å². The first-order valence-electron chi connectivity index (χ1n) is 11.3. The number of hydrogen-bond acceptors (Lipinski definition) is 4. The zero-order valence-corrected chi connectivity index (χ0v) is 20.4. The van der Waals surface area contributed by atoms with Gasteiger partial charge >= 0.3 is 0 Å². The lowest BCUT2D eigenvalue weighted by molar-refractivity contribution is 0.112. The van der Waals surface area contributed by atoms with E-state index in [1.54, 1.807) is 11.3 Å². The second-order valence-corrected chi connectivity index (χ2v) is 10.4. The number of thiophene rings is 2. The van der Waals surface area contributed by atoms with Crippen molar-refractivity contribution in [1.82, 2.24) is 4.57 Å². The van der Waals surface area contributed by atoms with Crippen LogP contribution in [0.15, 0.2) is 103 Å². The highest BCUT2D eigenvalue weighted by Gasteiger charge is 2.22. The second kappa shape index (κ2) is 9.12. The van der Waals surface area contributed by atoms with Crippen molar-refractivity contribution in [3.63, 3.8) is 0 Å². The zero-order chi connectivity index (χ0) is 23.8. The number of aromatic nitrogens is 1. The number of rotatable bonds is 6. The molecule has 0 aliphatic heterocycles. The number of aliphatic hydroxyl groups excluding tert-OH is 1. The Morgan fingerprint density at radius 2 is 1.40 bits per heavy atom. The zero-order valence-electron chi connectivity index (χ0n) is 18.7.